The number of amides is 2. The quantitative estimate of drug-likeness (QED) is 0.514. The molecule has 0 aliphatic heterocycles. The monoisotopic (exact) mass is 438 g/mol. The van der Waals surface area contributed by atoms with Crippen LogP contribution < -0.4 is 5.32 Å². The van der Waals surface area contributed by atoms with Gasteiger partial charge in [0.05, 0.1) is 5.75 Å². The lowest BCUT2D eigenvalue weighted by atomic mass is 10.1. The molecule has 0 aliphatic carbocycles. The van der Waals surface area contributed by atoms with Crippen molar-refractivity contribution >= 4 is 29.3 Å². The van der Waals surface area contributed by atoms with E-state index in [4.69, 9.17) is 0 Å². The first-order valence-electron chi connectivity index (χ1n) is 10.2. The summed E-state index contributed by atoms with van der Waals surface area (Å²) >= 11 is 1.32. The Labute approximate surface area is 186 Å². The van der Waals surface area contributed by atoms with Crippen molar-refractivity contribution < 1.29 is 9.59 Å². The number of nitrogens with zero attached hydrogens (tertiary/aromatic N) is 5. The van der Waals surface area contributed by atoms with E-state index >= 15 is 0 Å². The van der Waals surface area contributed by atoms with Crippen molar-refractivity contribution in [3.63, 3.8) is 0 Å². The normalized spacial score (nSPS) is 10.7. The molecular weight excluding hydrogens is 412 g/mol. The van der Waals surface area contributed by atoms with Crippen molar-refractivity contribution in [1.82, 2.24) is 24.6 Å². The molecule has 3 aromatic rings. The largest absolute Gasteiger partial charge is 0.339 e. The van der Waals surface area contributed by atoms with E-state index in [2.05, 4.69) is 20.5 Å². The number of thioether (sulfide) groups is 1. The smallest absolute Gasteiger partial charge is 0.253 e. The second-order valence-corrected chi connectivity index (χ2v) is 7.62. The number of nitrogens with one attached hydrogen (secondary N) is 1. The summed E-state index contributed by atoms with van der Waals surface area (Å²) in [6, 6.07) is 10.8. The Morgan fingerprint density at radius 1 is 1.06 bits per heavy atom. The molecule has 0 unspecified atom stereocenters. The molecule has 0 fully saturated rings. The van der Waals surface area contributed by atoms with Crippen LogP contribution in [-0.4, -0.2) is 55.3 Å². The fourth-order valence-electron chi connectivity index (χ4n) is 3.15. The molecular formula is C22H26N6O2S. The molecule has 0 radical (unpaired) electrons. The number of rotatable bonds is 9. The van der Waals surface area contributed by atoms with Crippen LogP contribution >= 0.6 is 11.8 Å². The van der Waals surface area contributed by atoms with Crippen LogP contribution in [0.3, 0.4) is 0 Å². The fourth-order valence-corrected chi connectivity index (χ4v) is 3.95. The molecule has 162 valence electrons. The third kappa shape index (κ3) is 5.49. The number of anilines is 1. The molecule has 2 aromatic heterocycles. The van der Waals surface area contributed by atoms with Gasteiger partial charge in [0.25, 0.3) is 5.91 Å². The van der Waals surface area contributed by atoms with Crippen LogP contribution in [-0.2, 0) is 11.3 Å². The van der Waals surface area contributed by atoms with Crippen LogP contribution in [0.1, 0.15) is 31.1 Å². The molecule has 2 heterocycles. The number of benzene rings is 1. The standard InChI is InChI=1S/C22H26N6O2S/c1-4-27(5-2)21(30)17-8-7-9-18(14-17)24-19(29)15-31-22-26-25-20(28(22)6-3)16-10-12-23-13-11-16/h7-14H,4-6,15H2,1-3H3,(H,24,29). The maximum atomic E-state index is 12.5. The van der Waals surface area contributed by atoms with E-state index in [0.29, 0.717) is 36.0 Å². The van der Waals surface area contributed by atoms with Crippen LogP contribution in [0.5, 0.6) is 0 Å². The Kier molecular flexibility index (Phi) is 7.77. The summed E-state index contributed by atoms with van der Waals surface area (Å²) in [6.45, 7) is 7.86. The summed E-state index contributed by atoms with van der Waals surface area (Å²) in [6.07, 6.45) is 3.42. The van der Waals surface area contributed by atoms with Crippen LogP contribution in [0.15, 0.2) is 53.9 Å². The Morgan fingerprint density at radius 3 is 2.48 bits per heavy atom. The number of hydrogen-bond donors (Lipinski definition) is 1. The second-order valence-electron chi connectivity index (χ2n) is 6.68. The van der Waals surface area contributed by atoms with Gasteiger partial charge in [0, 0.05) is 48.8 Å². The average Bonchev–Trinajstić information content (AvgIpc) is 3.22. The predicted molar refractivity (Wildman–Crippen MR) is 122 cm³/mol. The van der Waals surface area contributed by atoms with Crippen molar-refractivity contribution in [2.24, 2.45) is 0 Å². The first kappa shape index (κ1) is 22.5. The number of hydrogen-bond acceptors (Lipinski definition) is 6. The summed E-state index contributed by atoms with van der Waals surface area (Å²) in [7, 11) is 0. The molecule has 1 N–H and O–H groups in total. The summed E-state index contributed by atoms with van der Waals surface area (Å²) in [4.78, 5) is 30.8. The zero-order valence-corrected chi connectivity index (χ0v) is 18.7. The van der Waals surface area contributed by atoms with Crippen LogP contribution in [0.25, 0.3) is 11.4 Å². The van der Waals surface area contributed by atoms with Gasteiger partial charge in [-0.25, -0.2) is 0 Å². The lowest BCUT2D eigenvalue weighted by Crippen LogP contribution is -2.30. The topological polar surface area (TPSA) is 93.0 Å². The summed E-state index contributed by atoms with van der Waals surface area (Å²) in [5.41, 5.74) is 2.08. The van der Waals surface area contributed by atoms with E-state index in [1.165, 1.54) is 11.8 Å². The van der Waals surface area contributed by atoms with Gasteiger partial charge in [0.2, 0.25) is 5.91 Å². The van der Waals surface area contributed by atoms with E-state index < -0.39 is 0 Å². The number of aromatic nitrogens is 4. The third-order valence-electron chi connectivity index (χ3n) is 4.75. The van der Waals surface area contributed by atoms with E-state index in [1.807, 2.05) is 37.5 Å². The molecule has 2 amide bonds. The van der Waals surface area contributed by atoms with Crippen molar-refractivity contribution in [2.75, 3.05) is 24.2 Å². The van der Waals surface area contributed by atoms with Gasteiger partial charge in [-0.05, 0) is 51.1 Å². The van der Waals surface area contributed by atoms with Crippen LogP contribution in [0, 0.1) is 0 Å². The SMILES string of the molecule is CCN(CC)C(=O)c1cccc(NC(=O)CSc2nnc(-c3ccncc3)n2CC)c1. The predicted octanol–water partition coefficient (Wildman–Crippen LogP) is 3.57. The van der Waals surface area contributed by atoms with Gasteiger partial charge in [-0.3, -0.25) is 14.6 Å². The molecule has 3 rings (SSSR count). The van der Waals surface area contributed by atoms with Gasteiger partial charge < -0.3 is 14.8 Å². The average molecular weight is 439 g/mol. The second kappa shape index (κ2) is 10.7. The van der Waals surface area contributed by atoms with E-state index in [-0.39, 0.29) is 17.6 Å². The van der Waals surface area contributed by atoms with Gasteiger partial charge in [0.1, 0.15) is 0 Å². The molecule has 0 atom stereocenters. The summed E-state index contributed by atoms with van der Waals surface area (Å²) in [5, 5.41) is 12.1. The molecule has 31 heavy (non-hydrogen) atoms. The minimum Gasteiger partial charge on any atom is -0.339 e. The van der Waals surface area contributed by atoms with Gasteiger partial charge in [-0.1, -0.05) is 17.8 Å². The number of carbonyl (C=O) groups excluding carboxylic acids is 2. The Morgan fingerprint density at radius 2 is 1.81 bits per heavy atom. The van der Waals surface area contributed by atoms with Crippen molar-refractivity contribution in [1.29, 1.82) is 0 Å². The Bertz CT molecular complexity index is 1030. The minimum atomic E-state index is -0.173. The van der Waals surface area contributed by atoms with Gasteiger partial charge in [-0.15, -0.1) is 10.2 Å². The lowest BCUT2D eigenvalue weighted by Gasteiger charge is -2.19. The minimum absolute atomic E-state index is 0.0461. The van der Waals surface area contributed by atoms with E-state index in [9.17, 15) is 9.59 Å². The highest BCUT2D eigenvalue weighted by Crippen LogP contribution is 2.23. The van der Waals surface area contributed by atoms with Crippen molar-refractivity contribution in [3.05, 3.63) is 54.4 Å². The first-order valence-corrected chi connectivity index (χ1v) is 11.2. The van der Waals surface area contributed by atoms with Crippen molar-refractivity contribution in [3.8, 4) is 11.4 Å². The maximum Gasteiger partial charge on any atom is 0.253 e. The van der Waals surface area contributed by atoms with Gasteiger partial charge in [-0.2, -0.15) is 0 Å². The zero-order valence-electron chi connectivity index (χ0n) is 17.9. The van der Waals surface area contributed by atoms with Crippen LogP contribution in [0.2, 0.25) is 0 Å². The molecule has 0 aliphatic rings. The number of pyridine rings is 1. The fraction of sp³-hybridized carbons (Fsp3) is 0.318. The van der Waals surface area contributed by atoms with Crippen LogP contribution in [0.4, 0.5) is 5.69 Å². The summed E-state index contributed by atoms with van der Waals surface area (Å²) in [5.74, 6) is 0.710. The first-order chi connectivity index (χ1) is 15.1. The molecule has 0 saturated heterocycles. The Balaban J connectivity index is 1.64. The molecule has 0 spiro atoms. The van der Waals surface area contributed by atoms with E-state index in [1.54, 1.807) is 41.6 Å². The third-order valence-corrected chi connectivity index (χ3v) is 5.71. The molecule has 0 saturated carbocycles. The highest BCUT2D eigenvalue weighted by molar-refractivity contribution is 7.99. The Hall–Kier alpha value is -3.20. The molecule has 9 heteroatoms. The highest BCUT2D eigenvalue weighted by atomic mass is 32.2. The number of carbonyl (C=O) groups is 2. The maximum absolute atomic E-state index is 12.5. The zero-order chi connectivity index (χ0) is 22.2. The van der Waals surface area contributed by atoms with Crippen molar-refractivity contribution in [2.45, 2.75) is 32.5 Å². The molecule has 1 aromatic carbocycles. The van der Waals surface area contributed by atoms with Gasteiger partial charge in [0.15, 0.2) is 11.0 Å². The van der Waals surface area contributed by atoms with Gasteiger partial charge >= 0.3 is 0 Å². The summed E-state index contributed by atoms with van der Waals surface area (Å²) < 4.78 is 1.97. The lowest BCUT2D eigenvalue weighted by molar-refractivity contribution is -0.113. The van der Waals surface area contributed by atoms with E-state index in [0.717, 1.165) is 11.4 Å². The molecule has 0 bridgehead atoms. The molecule has 8 nitrogen and oxygen atoms in total. The highest BCUT2D eigenvalue weighted by Gasteiger charge is 2.16.